The number of carbonyl (C=O) groups is 3. The van der Waals surface area contributed by atoms with Gasteiger partial charge >= 0.3 is 0 Å². The largest absolute Gasteiger partial charge is 0.484 e. The van der Waals surface area contributed by atoms with Gasteiger partial charge in [-0.3, -0.25) is 14.4 Å². The van der Waals surface area contributed by atoms with Crippen molar-refractivity contribution in [2.24, 2.45) is 5.92 Å². The predicted octanol–water partition coefficient (Wildman–Crippen LogP) is 3.15. The summed E-state index contributed by atoms with van der Waals surface area (Å²) in [6, 6.07) is 10.6. The third-order valence-corrected chi connectivity index (χ3v) is 3.98. The molecule has 0 aliphatic heterocycles. The van der Waals surface area contributed by atoms with E-state index in [9.17, 15) is 18.8 Å². The van der Waals surface area contributed by atoms with Gasteiger partial charge < -0.3 is 20.7 Å². The first-order chi connectivity index (χ1) is 13.4. The van der Waals surface area contributed by atoms with E-state index in [-0.39, 0.29) is 24.1 Å². The SMILES string of the molecule is CC(=O)Nc1cc(NC(=O)COc2cccc(NC(=O)C3CC3)c2)ccc1F. The number of hydrogen-bond donors (Lipinski definition) is 3. The van der Waals surface area contributed by atoms with E-state index in [4.69, 9.17) is 4.74 Å². The molecule has 28 heavy (non-hydrogen) atoms. The minimum atomic E-state index is -0.602. The Labute approximate surface area is 161 Å². The fourth-order valence-corrected chi connectivity index (χ4v) is 2.49. The quantitative estimate of drug-likeness (QED) is 0.682. The van der Waals surface area contributed by atoms with Crippen molar-refractivity contribution in [3.8, 4) is 5.75 Å². The molecule has 0 heterocycles. The average molecular weight is 385 g/mol. The molecule has 3 amide bonds. The standard InChI is InChI=1S/C20H20FN3O4/c1-12(25)22-18-10-15(7-8-17(18)21)23-19(26)11-28-16-4-2-3-14(9-16)24-20(27)13-5-6-13/h2-4,7-10,13H,5-6,11H2,1H3,(H,22,25)(H,23,26)(H,24,27). The first-order valence-corrected chi connectivity index (χ1v) is 8.81. The molecule has 0 radical (unpaired) electrons. The molecule has 0 spiro atoms. The highest BCUT2D eigenvalue weighted by molar-refractivity contribution is 5.95. The summed E-state index contributed by atoms with van der Waals surface area (Å²) < 4.78 is 19.1. The van der Waals surface area contributed by atoms with Crippen molar-refractivity contribution in [1.29, 1.82) is 0 Å². The predicted molar refractivity (Wildman–Crippen MR) is 103 cm³/mol. The Hall–Kier alpha value is -3.42. The molecule has 1 fully saturated rings. The summed E-state index contributed by atoms with van der Waals surface area (Å²) in [5.41, 5.74) is 0.905. The van der Waals surface area contributed by atoms with Gasteiger partial charge in [0.1, 0.15) is 11.6 Å². The molecule has 0 bridgehead atoms. The van der Waals surface area contributed by atoms with E-state index in [1.165, 1.54) is 19.1 Å². The number of anilines is 3. The second-order valence-corrected chi connectivity index (χ2v) is 6.50. The lowest BCUT2D eigenvalue weighted by molar-refractivity contribution is -0.118. The van der Waals surface area contributed by atoms with Crippen LogP contribution in [0.1, 0.15) is 19.8 Å². The van der Waals surface area contributed by atoms with Crippen LogP contribution >= 0.6 is 0 Å². The highest BCUT2D eigenvalue weighted by atomic mass is 19.1. The Bertz CT molecular complexity index is 912. The van der Waals surface area contributed by atoms with Crippen molar-refractivity contribution in [3.63, 3.8) is 0 Å². The van der Waals surface area contributed by atoms with Crippen LogP contribution < -0.4 is 20.7 Å². The summed E-state index contributed by atoms with van der Waals surface area (Å²) in [6.07, 6.45) is 1.82. The number of halogens is 1. The van der Waals surface area contributed by atoms with Crippen molar-refractivity contribution >= 4 is 34.8 Å². The summed E-state index contributed by atoms with van der Waals surface area (Å²) in [7, 11) is 0. The van der Waals surface area contributed by atoms with E-state index in [1.54, 1.807) is 24.3 Å². The molecule has 3 N–H and O–H groups in total. The van der Waals surface area contributed by atoms with Crippen LogP contribution in [0.25, 0.3) is 0 Å². The Kier molecular flexibility index (Phi) is 5.88. The van der Waals surface area contributed by atoms with Crippen LogP contribution in [-0.4, -0.2) is 24.3 Å². The molecule has 1 aliphatic carbocycles. The summed E-state index contributed by atoms with van der Waals surface area (Å²) in [4.78, 5) is 35.0. The smallest absolute Gasteiger partial charge is 0.262 e. The molecule has 0 aromatic heterocycles. The number of amides is 3. The number of carbonyl (C=O) groups excluding carboxylic acids is 3. The molecule has 0 atom stereocenters. The molecule has 1 saturated carbocycles. The fraction of sp³-hybridized carbons (Fsp3) is 0.250. The van der Waals surface area contributed by atoms with Crippen LogP contribution in [0.2, 0.25) is 0 Å². The molecule has 0 unspecified atom stereocenters. The van der Waals surface area contributed by atoms with Crippen molar-refractivity contribution in [2.45, 2.75) is 19.8 Å². The summed E-state index contributed by atoms with van der Waals surface area (Å²) >= 11 is 0. The van der Waals surface area contributed by atoms with E-state index in [0.717, 1.165) is 18.9 Å². The molecule has 0 saturated heterocycles. The lowest BCUT2D eigenvalue weighted by Gasteiger charge is -2.11. The van der Waals surface area contributed by atoms with Crippen LogP contribution in [0.15, 0.2) is 42.5 Å². The molecule has 8 heteroatoms. The van der Waals surface area contributed by atoms with E-state index in [1.807, 2.05) is 0 Å². The van der Waals surface area contributed by atoms with Crippen molar-refractivity contribution in [3.05, 3.63) is 48.3 Å². The maximum absolute atomic E-state index is 13.6. The normalized spacial score (nSPS) is 12.8. The highest BCUT2D eigenvalue weighted by Gasteiger charge is 2.29. The van der Waals surface area contributed by atoms with Crippen LogP contribution in [-0.2, 0) is 14.4 Å². The molecule has 2 aromatic rings. The minimum Gasteiger partial charge on any atom is -0.484 e. The maximum atomic E-state index is 13.6. The Morgan fingerprint density at radius 3 is 2.50 bits per heavy atom. The summed E-state index contributed by atoms with van der Waals surface area (Å²) in [6.45, 7) is 0.993. The lowest BCUT2D eigenvalue weighted by Crippen LogP contribution is -2.20. The number of nitrogens with one attached hydrogen (secondary N) is 3. The maximum Gasteiger partial charge on any atom is 0.262 e. The molecule has 7 nitrogen and oxygen atoms in total. The second kappa shape index (κ2) is 8.51. The van der Waals surface area contributed by atoms with Gasteiger partial charge in [0, 0.05) is 30.3 Å². The third kappa shape index (κ3) is 5.54. The van der Waals surface area contributed by atoms with E-state index in [0.29, 0.717) is 17.1 Å². The first-order valence-electron chi connectivity index (χ1n) is 8.81. The van der Waals surface area contributed by atoms with Gasteiger partial charge in [0.25, 0.3) is 5.91 Å². The number of benzene rings is 2. The van der Waals surface area contributed by atoms with E-state index in [2.05, 4.69) is 16.0 Å². The van der Waals surface area contributed by atoms with Gasteiger partial charge in [-0.1, -0.05) is 6.07 Å². The number of rotatable bonds is 7. The van der Waals surface area contributed by atoms with Gasteiger partial charge in [-0.15, -0.1) is 0 Å². The topological polar surface area (TPSA) is 96.5 Å². The van der Waals surface area contributed by atoms with Crippen LogP contribution in [0.3, 0.4) is 0 Å². The van der Waals surface area contributed by atoms with Gasteiger partial charge in [-0.05, 0) is 43.2 Å². The molecule has 2 aromatic carbocycles. The van der Waals surface area contributed by atoms with Gasteiger partial charge in [0.05, 0.1) is 5.69 Å². The van der Waals surface area contributed by atoms with Crippen LogP contribution in [0.4, 0.5) is 21.5 Å². The lowest BCUT2D eigenvalue weighted by atomic mass is 10.2. The molecular weight excluding hydrogens is 365 g/mol. The van der Waals surface area contributed by atoms with Crippen LogP contribution in [0.5, 0.6) is 5.75 Å². The van der Waals surface area contributed by atoms with Gasteiger partial charge in [0.2, 0.25) is 11.8 Å². The van der Waals surface area contributed by atoms with Crippen LogP contribution in [0, 0.1) is 11.7 Å². The summed E-state index contributed by atoms with van der Waals surface area (Å²) in [5, 5.41) is 7.73. The van der Waals surface area contributed by atoms with Gasteiger partial charge in [-0.25, -0.2) is 4.39 Å². The summed E-state index contributed by atoms with van der Waals surface area (Å²) in [5.74, 6) is -0.960. The molecule has 1 aliphatic rings. The molecule has 146 valence electrons. The highest BCUT2D eigenvalue weighted by Crippen LogP contribution is 2.30. The van der Waals surface area contributed by atoms with E-state index >= 15 is 0 Å². The Morgan fingerprint density at radius 2 is 1.79 bits per heavy atom. The molecule has 3 rings (SSSR count). The van der Waals surface area contributed by atoms with E-state index < -0.39 is 17.6 Å². The van der Waals surface area contributed by atoms with Gasteiger partial charge in [0.15, 0.2) is 6.61 Å². The zero-order chi connectivity index (χ0) is 20.1. The Morgan fingerprint density at radius 1 is 1.04 bits per heavy atom. The van der Waals surface area contributed by atoms with Crippen molar-refractivity contribution in [2.75, 3.05) is 22.6 Å². The average Bonchev–Trinajstić information content (AvgIpc) is 3.48. The zero-order valence-corrected chi connectivity index (χ0v) is 15.3. The number of hydrogen-bond acceptors (Lipinski definition) is 4. The van der Waals surface area contributed by atoms with Gasteiger partial charge in [-0.2, -0.15) is 0 Å². The Balaban J connectivity index is 1.54. The number of ether oxygens (including phenoxy) is 1. The first kappa shape index (κ1) is 19.3. The monoisotopic (exact) mass is 385 g/mol. The zero-order valence-electron chi connectivity index (χ0n) is 15.3. The second-order valence-electron chi connectivity index (χ2n) is 6.50. The van der Waals surface area contributed by atoms with Crippen molar-refractivity contribution < 1.29 is 23.5 Å². The van der Waals surface area contributed by atoms with Crippen molar-refractivity contribution in [1.82, 2.24) is 0 Å². The minimum absolute atomic E-state index is 0.0128. The third-order valence-electron chi connectivity index (χ3n) is 3.98. The fourth-order valence-electron chi connectivity index (χ4n) is 2.49. The molecular formula is C20H20FN3O4.